The molecule has 0 fully saturated rings. The average Bonchev–Trinajstić information content (AvgIpc) is 3.42. The Hall–Kier alpha value is -3.37. The summed E-state index contributed by atoms with van der Waals surface area (Å²) in [5, 5.41) is 9.50. The van der Waals surface area contributed by atoms with Crippen molar-refractivity contribution in [1.82, 2.24) is 15.1 Å². The van der Waals surface area contributed by atoms with Crippen molar-refractivity contribution >= 4 is 44.5 Å². The number of fused-ring (bicyclic) bond motifs is 1. The highest BCUT2D eigenvalue weighted by Crippen LogP contribution is 2.34. The van der Waals surface area contributed by atoms with Crippen molar-refractivity contribution in [2.24, 2.45) is 0 Å². The molecular weight excluding hydrogens is 436 g/mol. The lowest BCUT2D eigenvalue weighted by Gasteiger charge is -2.07. The minimum absolute atomic E-state index is 0.208. The van der Waals surface area contributed by atoms with Crippen molar-refractivity contribution in [1.29, 1.82) is 0 Å². The Balaban J connectivity index is 1.74. The fourth-order valence-electron chi connectivity index (χ4n) is 3.32. The molecule has 0 aliphatic rings. The molecule has 8 nitrogen and oxygen atoms in total. The van der Waals surface area contributed by atoms with Crippen LogP contribution in [0.2, 0.25) is 0 Å². The molecule has 0 radical (unpaired) electrons. The fourth-order valence-corrected chi connectivity index (χ4v) is 5.33. The summed E-state index contributed by atoms with van der Waals surface area (Å²) in [4.78, 5) is 10.6. The zero-order valence-electron chi connectivity index (χ0n) is 16.6. The van der Waals surface area contributed by atoms with Crippen molar-refractivity contribution in [3.05, 3.63) is 71.1 Å². The largest absolute Gasteiger partial charge is 0.496 e. The molecule has 0 bridgehead atoms. The van der Waals surface area contributed by atoms with Crippen molar-refractivity contribution in [3.63, 3.8) is 0 Å². The van der Waals surface area contributed by atoms with Crippen LogP contribution in [0.25, 0.3) is 10.9 Å². The van der Waals surface area contributed by atoms with Gasteiger partial charge >= 0.3 is 0 Å². The summed E-state index contributed by atoms with van der Waals surface area (Å²) in [6, 6.07) is 16.4. The third-order valence-electron chi connectivity index (χ3n) is 4.66. The minimum Gasteiger partial charge on any atom is -0.496 e. The highest BCUT2D eigenvalue weighted by molar-refractivity contribution is 7.94. The lowest BCUT2D eigenvalue weighted by atomic mass is 10.1. The second-order valence-electron chi connectivity index (χ2n) is 6.72. The Bertz CT molecular complexity index is 1310. The van der Waals surface area contributed by atoms with E-state index in [1.54, 1.807) is 28.3 Å². The summed E-state index contributed by atoms with van der Waals surface area (Å²) in [7, 11) is -2.23. The Morgan fingerprint density at radius 1 is 1.13 bits per heavy atom. The Kier molecular flexibility index (Phi) is 5.92. The first kappa shape index (κ1) is 20.9. The molecule has 0 saturated carbocycles. The Labute approximate surface area is 183 Å². The highest BCUT2D eigenvalue weighted by Gasteiger charge is 2.22. The molecule has 1 amide bonds. The number of sulfonamides is 1. The second kappa shape index (κ2) is 8.78. The molecule has 2 aromatic heterocycles. The Morgan fingerprint density at radius 3 is 2.68 bits per heavy atom. The van der Waals surface area contributed by atoms with Crippen molar-refractivity contribution in [2.75, 3.05) is 11.8 Å². The van der Waals surface area contributed by atoms with E-state index < -0.39 is 10.0 Å². The summed E-state index contributed by atoms with van der Waals surface area (Å²) in [6.45, 7) is 0.843. The number of carbonyl (C=O) groups excluding carboxylic acids is 1. The van der Waals surface area contributed by atoms with Gasteiger partial charge in [0, 0.05) is 6.54 Å². The number of nitrogens with one attached hydrogen (secondary N) is 2. The van der Waals surface area contributed by atoms with Gasteiger partial charge in [0.25, 0.3) is 10.0 Å². The molecule has 4 rings (SSSR count). The maximum Gasteiger partial charge on any atom is 0.272 e. The summed E-state index contributed by atoms with van der Waals surface area (Å²) in [5.74, 6) is 0.733. The van der Waals surface area contributed by atoms with Crippen LogP contribution < -0.4 is 14.8 Å². The number of carbonyl (C=O) groups is 1. The molecular formula is C21H20N4O4S2. The maximum atomic E-state index is 12.8. The third-order valence-corrected chi connectivity index (χ3v) is 7.40. The van der Waals surface area contributed by atoms with Gasteiger partial charge in [-0.25, -0.2) is 8.42 Å². The van der Waals surface area contributed by atoms with Gasteiger partial charge in [-0.15, -0.1) is 11.3 Å². The maximum absolute atomic E-state index is 12.8. The van der Waals surface area contributed by atoms with Gasteiger partial charge in [0.1, 0.15) is 9.96 Å². The minimum atomic E-state index is -3.77. The van der Waals surface area contributed by atoms with Crippen LogP contribution in [0.1, 0.15) is 11.1 Å². The van der Waals surface area contributed by atoms with Crippen LogP contribution in [0.5, 0.6) is 5.75 Å². The molecule has 0 aliphatic heterocycles. The van der Waals surface area contributed by atoms with Gasteiger partial charge in [-0.2, -0.15) is 5.10 Å². The normalized spacial score (nSPS) is 11.4. The monoisotopic (exact) mass is 456 g/mol. The van der Waals surface area contributed by atoms with E-state index >= 15 is 0 Å². The number of ether oxygens (including phenoxy) is 1. The molecule has 2 heterocycles. The van der Waals surface area contributed by atoms with Gasteiger partial charge in [-0.1, -0.05) is 36.4 Å². The molecule has 0 spiro atoms. The number of benzene rings is 2. The zero-order valence-corrected chi connectivity index (χ0v) is 18.2. The number of aromatic nitrogens is 2. The van der Waals surface area contributed by atoms with Gasteiger partial charge in [0.15, 0.2) is 5.82 Å². The number of thiophene rings is 1. The first-order valence-electron chi connectivity index (χ1n) is 9.36. The van der Waals surface area contributed by atoms with Crippen LogP contribution in [-0.2, 0) is 27.9 Å². The van der Waals surface area contributed by atoms with E-state index in [4.69, 9.17) is 4.74 Å². The molecule has 0 aliphatic carbocycles. The summed E-state index contributed by atoms with van der Waals surface area (Å²) >= 11 is 1.13. The molecule has 0 unspecified atom stereocenters. The number of anilines is 1. The van der Waals surface area contributed by atoms with Crippen molar-refractivity contribution < 1.29 is 17.9 Å². The predicted octanol–water partition coefficient (Wildman–Crippen LogP) is 3.20. The van der Waals surface area contributed by atoms with Gasteiger partial charge in [-0.3, -0.25) is 14.2 Å². The molecule has 2 N–H and O–H groups in total. The van der Waals surface area contributed by atoms with Crippen LogP contribution in [-0.4, -0.2) is 31.7 Å². The Morgan fingerprint density at radius 2 is 1.94 bits per heavy atom. The first-order valence-corrected chi connectivity index (χ1v) is 11.7. The smallest absolute Gasteiger partial charge is 0.272 e. The van der Waals surface area contributed by atoms with E-state index in [1.165, 1.54) is 7.11 Å². The van der Waals surface area contributed by atoms with E-state index in [-0.39, 0.29) is 10.0 Å². The number of rotatable bonds is 9. The second-order valence-corrected chi connectivity index (χ2v) is 9.57. The summed E-state index contributed by atoms with van der Waals surface area (Å²) in [6.07, 6.45) is 0.659. The molecule has 4 aromatic rings. The highest BCUT2D eigenvalue weighted by atomic mass is 32.2. The fraction of sp³-hybridized carbons (Fsp3) is 0.143. The molecule has 0 saturated heterocycles. The van der Waals surface area contributed by atoms with E-state index in [0.29, 0.717) is 30.6 Å². The number of hydrogen-bond acceptors (Lipinski definition) is 6. The SMILES string of the molecule is COc1cccc2c1c(NS(=O)(=O)c1cccs1)nn2Cc1cccc(CNC=O)c1. The average molecular weight is 457 g/mol. The number of nitrogens with zero attached hydrogens (tertiary/aromatic N) is 2. The van der Waals surface area contributed by atoms with E-state index in [2.05, 4.69) is 15.1 Å². The van der Waals surface area contributed by atoms with Crippen LogP contribution >= 0.6 is 11.3 Å². The van der Waals surface area contributed by atoms with Gasteiger partial charge < -0.3 is 10.1 Å². The molecule has 10 heteroatoms. The van der Waals surface area contributed by atoms with Crippen LogP contribution in [0, 0.1) is 0 Å². The molecule has 31 heavy (non-hydrogen) atoms. The molecule has 160 valence electrons. The first-order chi connectivity index (χ1) is 15.0. The number of methoxy groups -OCH3 is 1. The van der Waals surface area contributed by atoms with Gasteiger partial charge in [-0.05, 0) is 34.7 Å². The zero-order chi connectivity index (χ0) is 21.8. The van der Waals surface area contributed by atoms with Gasteiger partial charge in [0.05, 0.1) is 24.6 Å². The molecule has 2 aromatic carbocycles. The van der Waals surface area contributed by atoms with Crippen molar-refractivity contribution in [3.8, 4) is 5.75 Å². The summed E-state index contributed by atoms with van der Waals surface area (Å²) < 4.78 is 35.6. The van der Waals surface area contributed by atoms with Crippen molar-refractivity contribution in [2.45, 2.75) is 17.3 Å². The topological polar surface area (TPSA) is 102 Å². The quantitative estimate of drug-likeness (QED) is 0.377. The standard InChI is InChI=1S/C21H20N4O4S2/c1-29-18-8-3-7-17-20(18)21(24-31(27,28)19-9-4-10-30-19)23-25(17)13-16-6-2-5-15(11-16)12-22-14-26/h2-11,14H,12-13H2,1H3,(H,22,26)(H,23,24). The predicted molar refractivity (Wildman–Crippen MR) is 120 cm³/mol. The third kappa shape index (κ3) is 4.39. The van der Waals surface area contributed by atoms with Crippen LogP contribution in [0.15, 0.2) is 64.2 Å². The number of amides is 1. The lowest BCUT2D eigenvalue weighted by Crippen LogP contribution is -2.13. The summed E-state index contributed by atoms with van der Waals surface area (Å²) in [5.41, 5.74) is 2.65. The van der Waals surface area contributed by atoms with Crippen LogP contribution in [0.4, 0.5) is 5.82 Å². The van der Waals surface area contributed by atoms with E-state index in [1.807, 2.05) is 36.4 Å². The van der Waals surface area contributed by atoms with Crippen LogP contribution in [0.3, 0.4) is 0 Å². The lowest BCUT2D eigenvalue weighted by molar-refractivity contribution is -0.109. The van der Waals surface area contributed by atoms with E-state index in [0.717, 1.165) is 28.0 Å². The van der Waals surface area contributed by atoms with Gasteiger partial charge in [0.2, 0.25) is 6.41 Å². The molecule has 0 atom stereocenters. The number of hydrogen-bond donors (Lipinski definition) is 2. The van der Waals surface area contributed by atoms with E-state index in [9.17, 15) is 13.2 Å².